The van der Waals surface area contributed by atoms with Crippen LogP contribution in [0.2, 0.25) is 0 Å². The van der Waals surface area contributed by atoms with Crippen LogP contribution < -0.4 is 10.2 Å². The minimum absolute atomic E-state index is 0.0921. The van der Waals surface area contributed by atoms with Crippen LogP contribution in [-0.4, -0.2) is 18.9 Å². The Balaban J connectivity index is 2.83. The number of rotatable bonds is 3. The van der Waals surface area contributed by atoms with Crippen LogP contribution in [0.4, 0.5) is 11.4 Å². The van der Waals surface area contributed by atoms with Gasteiger partial charge in [0.1, 0.15) is 6.42 Å². The monoisotopic (exact) mass is 231 g/mol. The lowest BCUT2D eigenvalue weighted by molar-refractivity contribution is -0.116. The smallest absolute Gasteiger partial charge is 0.238 e. The van der Waals surface area contributed by atoms with Crippen LogP contribution in [0.15, 0.2) is 24.3 Å². The summed E-state index contributed by atoms with van der Waals surface area (Å²) in [7, 11) is 1.65. The van der Waals surface area contributed by atoms with Gasteiger partial charge in [-0.15, -0.1) is 0 Å². The van der Waals surface area contributed by atoms with Gasteiger partial charge in [0.05, 0.1) is 6.07 Å². The lowest BCUT2D eigenvalue weighted by Gasteiger charge is -2.15. The number of nitrogens with one attached hydrogen (secondary N) is 1. The van der Waals surface area contributed by atoms with E-state index in [9.17, 15) is 9.59 Å². The normalized spacial score (nSPS) is 9.24. The zero-order chi connectivity index (χ0) is 12.8. The van der Waals surface area contributed by atoms with Gasteiger partial charge in [0.2, 0.25) is 11.8 Å². The first-order chi connectivity index (χ1) is 8.04. The van der Waals surface area contributed by atoms with Crippen molar-refractivity contribution in [3.63, 3.8) is 0 Å². The number of amides is 2. The highest BCUT2D eigenvalue weighted by atomic mass is 16.2. The summed E-state index contributed by atoms with van der Waals surface area (Å²) >= 11 is 0. The van der Waals surface area contributed by atoms with Gasteiger partial charge in [0.25, 0.3) is 0 Å². The Labute approximate surface area is 99.6 Å². The minimum Gasteiger partial charge on any atom is -0.325 e. The van der Waals surface area contributed by atoms with E-state index in [1.807, 2.05) is 0 Å². The van der Waals surface area contributed by atoms with Crippen LogP contribution in [0, 0.1) is 11.3 Å². The highest BCUT2D eigenvalue weighted by Crippen LogP contribution is 2.18. The highest BCUT2D eigenvalue weighted by Gasteiger charge is 2.07. The molecule has 88 valence electrons. The molecule has 1 aromatic rings. The molecular formula is C12H13N3O2. The van der Waals surface area contributed by atoms with Crippen molar-refractivity contribution in [2.75, 3.05) is 17.3 Å². The Morgan fingerprint density at radius 1 is 1.47 bits per heavy atom. The van der Waals surface area contributed by atoms with Gasteiger partial charge >= 0.3 is 0 Å². The molecule has 5 heteroatoms. The van der Waals surface area contributed by atoms with Crippen molar-refractivity contribution in [3.05, 3.63) is 24.3 Å². The van der Waals surface area contributed by atoms with Gasteiger partial charge in [-0.2, -0.15) is 5.26 Å². The average molecular weight is 231 g/mol. The van der Waals surface area contributed by atoms with E-state index >= 15 is 0 Å². The van der Waals surface area contributed by atoms with Crippen LogP contribution >= 0.6 is 0 Å². The van der Waals surface area contributed by atoms with Crippen molar-refractivity contribution in [2.24, 2.45) is 0 Å². The Morgan fingerprint density at radius 3 is 2.76 bits per heavy atom. The summed E-state index contributed by atoms with van der Waals surface area (Å²) in [6.07, 6.45) is -0.188. The van der Waals surface area contributed by atoms with Crippen LogP contribution in [0.1, 0.15) is 13.3 Å². The van der Waals surface area contributed by atoms with Crippen molar-refractivity contribution in [1.82, 2.24) is 0 Å². The van der Waals surface area contributed by atoms with Gasteiger partial charge < -0.3 is 10.2 Å². The Bertz CT molecular complexity index is 477. The Morgan fingerprint density at radius 2 is 2.18 bits per heavy atom. The molecule has 0 aliphatic carbocycles. The van der Waals surface area contributed by atoms with Crippen LogP contribution in [0.3, 0.4) is 0 Å². The molecule has 0 fully saturated rings. The summed E-state index contributed by atoms with van der Waals surface area (Å²) in [6.45, 7) is 1.46. The molecule has 0 saturated heterocycles. The summed E-state index contributed by atoms with van der Waals surface area (Å²) in [6, 6.07) is 8.64. The second kappa shape index (κ2) is 5.66. The lowest BCUT2D eigenvalue weighted by Crippen LogP contribution is -2.22. The molecular weight excluding hydrogens is 218 g/mol. The number of hydrogen-bond donors (Lipinski definition) is 1. The maximum Gasteiger partial charge on any atom is 0.238 e. The van der Waals surface area contributed by atoms with E-state index in [0.717, 1.165) is 0 Å². The summed E-state index contributed by atoms with van der Waals surface area (Å²) in [5.41, 5.74) is 1.25. The molecule has 5 nitrogen and oxygen atoms in total. The summed E-state index contributed by atoms with van der Waals surface area (Å²) in [4.78, 5) is 23.9. The van der Waals surface area contributed by atoms with Gasteiger partial charge in [0, 0.05) is 25.3 Å². The summed E-state index contributed by atoms with van der Waals surface area (Å²) in [5.74, 6) is -0.458. The van der Waals surface area contributed by atoms with Crippen LogP contribution in [0.5, 0.6) is 0 Å². The molecule has 0 aliphatic rings. The third-order valence-corrected chi connectivity index (χ3v) is 2.23. The van der Waals surface area contributed by atoms with Gasteiger partial charge in [0.15, 0.2) is 0 Å². The van der Waals surface area contributed by atoms with Crippen molar-refractivity contribution in [1.29, 1.82) is 5.26 Å². The van der Waals surface area contributed by atoms with Gasteiger partial charge in [-0.05, 0) is 18.2 Å². The van der Waals surface area contributed by atoms with E-state index in [0.29, 0.717) is 11.4 Å². The predicted octanol–water partition coefficient (Wildman–Crippen LogP) is 1.52. The molecule has 0 heterocycles. The summed E-state index contributed by atoms with van der Waals surface area (Å²) < 4.78 is 0. The van der Waals surface area contributed by atoms with Crippen molar-refractivity contribution >= 4 is 23.2 Å². The molecule has 0 spiro atoms. The maximum atomic E-state index is 11.2. The molecule has 0 radical (unpaired) electrons. The Kier molecular flexibility index (Phi) is 4.23. The van der Waals surface area contributed by atoms with Gasteiger partial charge in [-0.3, -0.25) is 9.59 Å². The summed E-state index contributed by atoms with van der Waals surface area (Å²) in [5, 5.41) is 10.9. The van der Waals surface area contributed by atoms with Gasteiger partial charge in [-0.25, -0.2) is 0 Å². The average Bonchev–Trinajstić information content (AvgIpc) is 2.28. The van der Waals surface area contributed by atoms with Crippen LogP contribution in [0.25, 0.3) is 0 Å². The molecule has 1 rings (SSSR count). The van der Waals surface area contributed by atoms with Crippen LogP contribution in [-0.2, 0) is 9.59 Å². The SMILES string of the molecule is CC(=O)N(C)c1cccc(NC(=O)CC#N)c1. The first kappa shape index (κ1) is 12.7. The standard InChI is InChI=1S/C12H13N3O2/c1-9(16)15(2)11-5-3-4-10(8-11)14-12(17)6-7-13/h3-5,8H,6H2,1-2H3,(H,14,17). The first-order valence-electron chi connectivity index (χ1n) is 5.05. The molecule has 0 saturated carbocycles. The molecule has 17 heavy (non-hydrogen) atoms. The number of hydrogen-bond acceptors (Lipinski definition) is 3. The van der Waals surface area contributed by atoms with E-state index in [4.69, 9.17) is 5.26 Å². The zero-order valence-corrected chi connectivity index (χ0v) is 9.73. The highest BCUT2D eigenvalue weighted by molar-refractivity contribution is 5.94. The number of nitriles is 1. The van der Waals surface area contributed by atoms with E-state index < -0.39 is 0 Å². The molecule has 0 aromatic heterocycles. The molecule has 1 aromatic carbocycles. The van der Waals surface area contributed by atoms with E-state index in [1.165, 1.54) is 11.8 Å². The van der Waals surface area contributed by atoms with Crippen molar-refractivity contribution in [3.8, 4) is 6.07 Å². The Hall–Kier alpha value is -2.35. The van der Waals surface area contributed by atoms with Crippen molar-refractivity contribution in [2.45, 2.75) is 13.3 Å². The molecule has 0 unspecified atom stereocenters. The lowest BCUT2D eigenvalue weighted by atomic mass is 10.2. The molecule has 0 bridgehead atoms. The topological polar surface area (TPSA) is 73.2 Å². The molecule has 0 aliphatic heterocycles. The fourth-order valence-corrected chi connectivity index (χ4v) is 1.25. The second-order valence-corrected chi connectivity index (χ2v) is 3.51. The van der Waals surface area contributed by atoms with E-state index in [1.54, 1.807) is 37.4 Å². The third kappa shape index (κ3) is 3.61. The maximum absolute atomic E-state index is 11.2. The predicted molar refractivity (Wildman–Crippen MR) is 64.4 cm³/mol. The number of benzene rings is 1. The van der Waals surface area contributed by atoms with Crippen molar-refractivity contribution < 1.29 is 9.59 Å². The van der Waals surface area contributed by atoms with Gasteiger partial charge in [-0.1, -0.05) is 6.07 Å². The fraction of sp³-hybridized carbons (Fsp3) is 0.250. The molecule has 0 atom stereocenters. The minimum atomic E-state index is -0.366. The fourth-order valence-electron chi connectivity index (χ4n) is 1.25. The number of nitrogens with zero attached hydrogens (tertiary/aromatic N) is 2. The second-order valence-electron chi connectivity index (χ2n) is 3.51. The quantitative estimate of drug-likeness (QED) is 0.857. The zero-order valence-electron chi connectivity index (χ0n) is 9.73. The number of carbonyl (C=O) groups excluding carboxylic acids is 2. The molecule has 2 amide bonds. The number of anilines is 2. The number of carbonyl (C=O) groups is 2. The molecule has 1 N–H and O–H groups in total. The largest absolute Gasteiger partial charge is 0.325 e. The van der Waals surface area contributed by atoms with E-state index in [-0.39, 0.29) is 18.2 Å². The van der Waals surface area contributed by atoms with E-state index in [2.05, 4.69) is 5.32 Å². The third-order valence-electron chi connectivity index (χ3n) is 2.23. The first-order valence-corrected chi connectivity index (χ1v) is 5.05.